The van der Waals surface area contributed by atoms with Gasteiger partial charge in [-0.1, -0.05) is 6.07 Å². The number of hydrogen-bond acceptors (Lipinski definition) is 5. The lowest BCUT2D eigenvalue weighted by Crippen LogP contribution is -2.50. The summed E-state index contributed by atoms with van der Waals surface area (Å²) in [5.74, 6) is 0.587. The molecule has 1 aromatic heterocycles. The molecule has 0 unspecified atom stereocenters. The van der Waals surface area contributed by atoms with Crippen LogP contribution in [-0.2, 0) is 5.54 Å². The van der Waals surface area contributed by atoms with Gasteiger partial charge in [-0.25, -0.2) is 4.98 Å². The van der Waals surface area contributed by atoms with Crippen molar-refractivity contribution in [1.82, 2.24) is 14.9 Å². The number of piperidine rings is 1. The molecule has 1 N–H and O–H groups in total. The highest BCUT2D eigenvalue weighted by Gasteiger charge is 2.32. The van der Waals surface area contributed by atoms with Gasteiger partial charge in [-0.2, -0.15) is 0 Å². The number of non-ortho nitro benzene ring substituents is 1. The summed E-state index contributed by atoms with van der Waals surface area (Å²) < 4.78 is 1.62. The zero-order valence-electron chi connectivity index (χ0n) is 12.6. The number of benzene rings is 1. The minimum absolute atomic E-state index is 0.0879. The van der Waals surface area contributed by atoms with Crippen LogP contribution in [0.4, 0.5) is 5.69 Å². The van der Waals surface area contributed by atoms with Crippen molar-refractivity contribution in [2.75, 3.05) is 13.1 Å². The third-order valence-electron chi connectivity index (χ3n) is 4.35. The lowest BCUT2D eigenvalue weighted by atomic mass is 9.91. The fraction of sp³-hybridized carbons (Fsp3) is 0.467. The molecule has 1 aromatic carbocycles. The summed E-state index contributed by atoms with van der Waals surface area (Å²) in [5.41, 5.74) is -0.554. The molecule has 1 aliphatic heterocycles. The quantitative estimate of drug-likeness (QED) is 0.673. The van der Waals surface area contributed by atoms with Crippen molar-refractivity contribution in [2.24, 2.45) is 0 Å². The number of aryl methyl sites for hydroxylation is 1. The maximum Gasteiger partial charge on any atom is 0.284 e. The van der Waals surface area contributed by atoms with Gasteiger partial charge in [0.15, 0.2) is 0 Å². The first-order chi connectivity index (χ1) is 10.4. The van der Waals surface area contributed by atoms with Crippen LogP contribution in [0.1, 0.15) is 25.6 Å². The van der Waals surface area contributed by atoms with E-state index < -0.39 is 10.5 Å². The van der Waals surface area contributed by atoms with E-state index >= 15 is 0 Å². The van der Waals surface area contributed by atoms with Gasteiger partial charge in [-0.15, -0.1) is 0 Å². The Morgan fingerprint density at radius 2 is 2.23 bits per heavy atom. The fourth-order valence-corrected chi connectivity index (χ4v) is 3.34. The Hall–Kier alpha value is -2.28. The Bertz CT molecular complexity index is 806. The number of hydrogen-bond donors (Lipinski definition) is 1. The molecule has 7 nitrogen and oxygen atoms in total. The molecule has 2 heterocycles. The summed E-state index contributed by atoms with van der Waals surface area (Å²) in [6.45, 7) is 5.35. The zero-order valence-corrected chi connectivity index (χ0v) is 12.6. The molecule has 1 fully saturated rings. The lowest BCUT2D eigenvalue weighted by Gasteiger charge is -2.37. The molecule has 116 valence electrons. The molecule has 0 aliphatic carbocycles. The molecule has 22 heavy (non-hydrogen) atoms. The molecule has 0 amide bonds. The molecule has 1 atom stereocenters. The summed E-state index contributed by atoms with van der Waals surface area (Å²) >= 11 is 0. The topological polar surface area (TPSA) is 90.1 Å². The highest BCUT2D eigenvalue weighted by atomic mass is 16.6. The Kier molecular flexibility index (Phi) is 3.44. The molecule has 0 spiro atoms. The minimum atomic E-state index is -0.521. The van der Waals surface area contributed by atoms with E-state index in [2.05, 4.69) is 10.3 Å². The van der Waals surface area contributed by atoms with Crippen molar-refractivity contribution in [2.45, 2.75) is 32.2 Å². The van der Waals surface area contributed by atoms with Crippen molar-refractivity contribution >= 4 is 16.6 Å². The smallest absolute Gasteiger partial charge is 0.284 e. The van der Waals surface area contributed by atoms with E-state index in [1.807, 2.05) is 6.92 Å². The first kappa shape index (κ1) is 14.6. The van der Waals surface area contributed by atoms with Crippen LogP contribution < -0.4 is 10.9 Å². The molecule has 2 aromatic rings. The Morgan fingerprint density at radius 3 is 2.86 bits per heavy atom. The summed E-state index contributed by atoms with van der Waals surface area (Å²) in [6, 6.07) is 4.55. The van der Waals surface area contributed by atoms with E-state index in [4.69, 9.17) is 0 Å². The molecular formula is C15H18N4O3. The monoisotopic (exact) mass is 302 g/mol. The molecule has 0 bridgehead atoms. The third-order valence-corrected chi connectivity index (χ3v) is 4.35. The number of nitrogens with zero attached hydrogens (tertiary/aromatic N) is 3. The number of nitro groups is 1. The molecule has 0 saturated carbocycles. The summed E-state index contributed by atoms with van der Waals surface area (Å²) in [6.07, 6.45) is 1.80. The second kappa shape index (κ2) is 5.17. The predicted octanol–water partition coefficient (Wildman–Crippen LogP) is 1.71. The van der Waals surface area contributed by atoms with E-state index in [0.29, 0.717) is 17.9 Å². The second-order valence-corrected chi connectivity index (χ2v) is 6.01. The van der Waals surface area contributed by atoms with E-state index in [1.54, 1.807) is 23.6 Å². The van der Waals surface area contributed by atoms with E-state index in [9.17, 15) is 14.9 Å². The Morgan fingerprint density at radius 1 is 1.45 bits per heavy atom. The lowest BCUT2D eigenvalue weighted by molar-refractivity contribution is -0.383. The van der Waals surface area contributed by atoms with Gasteiger partial charge in [0.25, 0.3) is 11.2 Å². The van der Waals surface area contributed by atoms with Gasteiger partial charge in [-0.3, -0.25) is 19.5 Å². The van der Waals surface area contributed by atoms with Gasteiger partial charge in [0.2, 0.25) is 0 Å². The maximum absolute atomic E-state index is 13.0. The summed E-state index contributed by atoms with van der Waals surface area (Å²) in [7, 11) is 0. The number of rotatable bonds is 2. The van der Waals surface area contributed by atoms with Crippen molar-refractivity contribution in [1.29, 1.82) is 0 Å². The van der Waals surface area contributed by atoms with Crippen LogP contribution in [0.2, 0.25) is 0 Å². The molecule has 1 aliphatic rings. The second-order valence-electron chi connectivity index (χ2n) is 6.01. The van der Waals surface area contributed by atoms with Crippen molar-refractivity contribution in [3.8, 4) is 0 Å². The van der Waals surface area contributed by atoms with Crippen LogP contribution in [0.25, 0.3) is 10.9 Å². The van der Waals surface area contributed by atoms with Gasteiger partial charge < -0.3 is 5.32 Å². The van der Waals surface area contributed by atoms with Crippen LogP contribution >= 0.6 is 0 Å². The van der Waals surface area contributed by atoms with Gasteiger partial charge in [0.1, 0.15) is 11.2 Å². The largest absolute Gasteiger partial charge is 0.314 e. The van der Waals surface area contributed by atoms with Crippen LogP contribution in [0.15, 0.2) is 23.0 Å². The fourth-order valence-electron chi connectivity index (χ4n) is 3.34. The average Bonchev–Trinajstić information content (AvgIpc) is 2.46. The molecule has 7 heteroatoms. The summed E-state index contributed by atoms with van der Waals surface area (Å²) in [4.78, 5) is 28.1. The Balaban J connectivity index is 2.34. The van der Waals surface area contributed by atoms with Crippen LogP contribution in [-0.4, -0.2) is 27.6 Å². The van der Waals surface area contributed by atoms with Gasteiger partial charge in [0.05, 0.1) is 16.0 Å². The van der Waals surface area contributed by atoms with E-state index in [-0.39, 0.29) is 16.6 Å². The SMILES string of the molecule is Cc1nc2cccc([N+](=O)[O-])c2c(=O)n1[C@@]1(C)CCCNC1. The van der Waals surface area contributed by atoms with Crippen molar-refractivity contribution in [3.05, 3.63) is 44.5 Å². The van der Waals surface area contributed by atoms with Gasteiger partial charge >= 0.3 is 0 Å². The number of nitro benzene ring substituents is 1. The molecule has 0 radical (unpaired) electrons. The maximum atomic E-state index is 13.0. The minimum Gasteiger partial charge on any atom is -0.314 e. The summed E-state index contributed by atoms with van der Waals surface area (Å²) in [5, 5.41) is 14.6. The number of aromatic nitrogens is 2. The van der Waals surface area contributed by atoms with Crippen LogP contribution in [0.5, 0.6) is 0 Å². The Labute approximate surface area is 127 Å². The highest BCUT2D eigenvalue weighted by molar-refractivity contribution is 5.87. The normalized spacial score (nSPS) is 21.9. The van der Waals surface area contributed by atoms with Gasteiger partial charge in [0, 0.05) is 12.6 Å². The van der Waals surface area contributed by atoms with E-state index in [1.165, 1.54) is 6.07 Å². The van der Waals surface area contributed by atoms with Gasteiger partial charge in [-0.05, 0) is 39.3 Å². The van der Waals surface area contributed by atoms with Crippen LogP contribution in [0, 0.1) is 17.0 Å². The average molecular weight is 302 g/mol. The molecular weight excluding hydrogens is 284 g/mol. The van der Waals surface area contributed by atoms with E-state index in [0.717, 1.165) is 19.4 Å². The number of nitrogens with one attached hydrogen (secondary N) is 1. The predicted molar refractivity (Wildman–Crippen MR) is 83.1 cm³/mol. The number of fused-ring (bicyclic) bond motifs is 1. The van der Waals surface area contributed by atoms with Crippen molar-refractivity contribution < 1.29 is 4.92 Å². The van der Waals surface area contributed by atoms with Crippen molar-refractivity contribution in [3.63, 3.8) is 0 Å². The van der Waals surface area contributed by atoms with Crippen LogP contribution in [0.3, 0.4) is 0 Å². The standard InChI is InChI=1S/C15H18N4O3/c1-10-17-11-5-3-6-12(19(21)22)13(11)14(20)18(10)15(2)7-4-8-16-9-15/h3,5-6,16H,4,7-9H2,1-2H3/t15-/m0/s1. The highest BCUT2D eigenvalue weighted by Crippen LogP contribution is 2.27. The molecule has 1 saturated heterocycles. The first-order valence-electron chi connectivity index (χ1n) is 7.32. The molecule has 3 rings (SSSR count). The third kappa shape index (κ3) is 2.18. The zero-order chi connectivity index (χ0) is 15.9. The first-order valence-corrected chi connectivity index (χ1v) is 7.32.